The molecule has 0 aromatic carbocycles. The SMILES string of the molecule is CNCc1nnc(NC(C)C(=O)N2CCCC2)o1. The van der Waals surface area contributed by atoms with E-state index in [-0.39, 0.29) is 11.9 Å². The van der Waals surface area contributed by atoms with Gasteiger partial charge in [0.15, 0.2) is 0 Å². The smallest absolute Gasteiger partial charge is 0.316 e. The van der Waals surface area contributed by atoms with Gasteiger partial charge in [0.1, 0.15) is 6.04 Å². The van der Waals surface area contributed by atoms with Gasteiger partial charge < -0.3 is 20.0 Å². The third-order valence-electron chi connectivity index (χ3n) is 2.92. The second-order valence-corrected chi connectivity index (χ2v) is 4.43. The highest BCUT2D eigenvalue weighted by atomic mass is 16.4. The molecule has 0 aliphatic carbocycles. The van der Waals surface area contributed by atoms with Crippen LogP contribution in [-0.4, -0.2) is 47.2 Å². The fourth-order valence-corrected chi connectivity index (χ4v) is 1.99. The van der Waals surface area contributed by atoms with Crippen molar-refractivity contribution in [2.45, 2.75) is 32.4 Å². The van der Waals surface area contributed by atoms with E-state index in [0.29, 0.717) is 18.5 Å². The normalized spacial score (nSPS) is 16.9. The van der Waals surface area contributed by atoms with Crippen molar-refractivity contribution in [1.29, 1.82) is 0 Å². The van der Waals surface area contributed by atoms with Crippen molar-refractivity contribution in [2.24, 2.45) is 0 Å². The van der Waals surface area contributed by atoms with Crippen LogP contribution < -0.4 is 10.6 Å². The Morgan fingerprint density at radius 2 is 2.17 bits per heavy atom. The van der Waals surface area contributed by atoms with Gasteiger partial charge in [-0.2, -0.15) is 0 Å². The Hall–Kier alpha value is -1.63. The first-order valence-electron chi connectivity index (χ1n) is 6.23. The van der Waals surface area contributed by atoms with Gasteiger partial charge in [-0.05, 0) is 26.8 Å². The highest BCUT2D eigenvalue weighted by molar-refractivity contribution is 5.83. The Bertz CT molecular complexity index is 400. The lowest BCUT2D eigenvalue weighted by atomic mass is 10.3. The van der Waals surface area contributed by atoms with E-state index in [1.54, 1.807) is 7.05 Å². The number of hydrogen-bond acceptors (Lipinski definition) is 6. The van der Waals surface area contributed by atoms with Gasteiger partial charge in [-0.1, -0.05) is 5.10 Å². The Kier molecular flexibility index (Phi) is 4.14. The van der Waals surface area contributed by atoms with Gasteiger partial charge in [0, 0.05) is 13.1 Å². The minimum atomic E-state index is -0.342. The zero-order valence-electron chi connectivity index (χ0n) is 10.8. The number of likely N-dealkylation sites (tertiary alicyclic amines) is 1. The largest absolute Gasteiger partial charge is 0.407 e. The van der Waals surface area contributed by atoms with Crippen molar-refractivity contribution >= 4 is 11.9 Å². The molecule has 1 amide bonds. The van der Waals surface area contributed by atoms with Crippen molar-refractivity contribution in [3.63, 3.8) is 0 Å². The standard InChI is InChI=1S/C11H19N5O2/c1-8(10(17)16-5-3-4-6-16)13-11-15-14-9(18-11)7-12-2/h8,12H,3-7H2,1-2H3,(H,13,15). The lowest BCUT2D eigenvalue weighted by Gasteiger charge is -2.20. The maximum absolute atomic E-state index is 12.0. The Morgan fingerprint density at radius 3 is 2.83 bits per heavy atom. The Labute approximate surface area is 106 Å². The highest BCUT2D eigenvalue weighted by Crippen LogP contribution is 2.12. The number of carbonyl (C=O) groups excluding carboxylic acids is 1. The van der Waals surface area contributed by atoms with E-state index in [0.717, 1.165) is 25.9 Å². The zero-order chi connectivity index (χ0) is 13.0. The van der Waals surface area contributed by atoms with Crippen molar-refractivity contribution in [3.05, 3.63) is 5.89 Å². The van der Waals surface area contributed by atoms with Crippen LogP contribution in [0.1, 0.15) is 25.7 Å². The van der Waals surface area contributed by atoms with Crippen molar-refractivity contribution in [3.8, 4) is 0 Å². The van der Waals surface area contributed by atoms with E-state index >= 15 is 0 Å². The van der Waals surface area contributed by atoms with Gasteiger partial charge in [-0.25, -0.2) is 0 Å². The Morgan fingerprint density at radius 1 is 1.44 bits per heavy atom. The topological polar surface area (TPSA) is 83.3 Å². The van der Waals surface area contributed by atoms with Crippen molar-refractivity contribution < 1.29 is 9.21 Å². The number of hydrogen-bond donors (Lipinski definition) is 2. The second-order valence-electron chi connectivity index (χ2n) is 4.43. The van der Waals surface area contributed by atoms with Crippen LogP contribution in [-0.2, 0) is 11.3 Å². The molecular formula is C11H19N5O2. The molecule has 18 heavy (non-hydrogen) atoms. The molecule has 7 heteroatoms. The van der Waals surface area contributed by atoms with Crippen molar-refractivity contribution in [1.82, 2.24) is 20.4 Å². The molecule has 7 nitrogen and oxygen atoms in total. The van der Waals surface area contributed by atoms with Crippen LogP contribution in [0, 0.1) is 0 Å². The molecule has 1 aromatic heterocycles. The molecule has 2 heterocycles. The van der Waals surface area contributed by atoms with Gasteiger partial charge >= 0.3 is 6.01 Å². The zero-order valence-corrected chi connectivity index (χ0v) is 10.8. The first kappa shape index (κ1) is 12.8. The van der Waals surface area contributed by atoms with E-state index in [2.05, 4.69) is 20.8 Å². The molecule has 1 aliphatic heterocycles. The molecule has 1 saturated heterocycles. The molecule has 2 N–H and O–H groups in total. The predicted molar refractivity (Wildman–Crippen MR) is 66.0 cm³/mol. The number of rotatable bonds is 5. The molecule has 0 saturated carbocycles. The molecule has 0 spiro atoms. The fourth-order valence-electron chi connectivity index (χ4n) is 1.99. The summed E-state index contributed by atoms with van der Waals surface area (Å²) in [5.41, 5.74) is 0. The monoisotopic (exact) mass is 253 g/mol. The minimum absolute atomic E-state index is 0.0841. The van der Waals surface area contributed by atoms with Crippen LogP contribution in [0.4, 0.5) is 6.01 Å². The molecule has 1 atom stereocenters. The summed E-state index contributed by atoms with van der Waals surface area (Å²) in [4.78, 5) is 13.9. The number of amides is 1. The van der Waals surface area contributed by atoms with E-state index in [9.17, 15) is 4.79 Å². The predicted octanol–water partition coefficient (Wildman–Crippen LogP) is 0.212. The average molecular weight is 253 g/mol. The third kappa shape index (κ3) is 2.98. The van der Waals surface area contributed by atoms with Gasteiger partial charge in [-0.3, -0.25) is 4.79 Å². The molecule has 2 rings (SSSR count). The first-order chi connectivity index (χ1) is 8.70. The lowest BCUT2D eigenvalue weighted by molar-refractivity contribution is -0.130. The first-order valence-corrected chi connectivity index (χ1v) is 6.23. The van der Waals surface area contributed by atoms with Crippen LogP contribution in [0.2, 0.25) is 0 Å². The molecule has 0 radical (unpaired) electrons. The third-order valence-corrected chi connectivity index (χ3v) is 2.92. The van der Waals surface area contributed by atoms with E-state index < -0.39 is 0 Å². The Balaban J connectivity index is 1.88. The number of carbonyl (C=O) groups is 1. The summed E-state index contributed by atoms with van der Waals surface area (Å²) < 4.78 is 5.34. The summed E-state index contributed by atoms with van der Waals surface area (Å²) in [5, 5.41) is 13.6. The van der Waals surface area contributed by atoms with Crippen molar-refractivity contribution in [2.75, 3.05) is 25.5 Å². The summed E-state index contributed by atoms with van der Waals surface area (Å²) >= 11 is 0. The van der Waals surface area contributed by atoms with Gasteiger partial charge in [0.25, 0.3) is 0 Å². The molecule has 1 aliphatic rings. The van der Waals surface area contributed by atoms with Crippen LogP contribution in [0.3, 0.4) is 0 Å². The van der Waals surface area contributed by atoms with E-state index in [1.807, 2.05) is 11.8 Å². The number of nitrogens with one attached hydrogen (secondary N) is 2. The molecule has 0 bridgehead atoms. The molecule has 1 unspecified atom stereocenters. The quantitative estimate of drug-likeness (QED) is 0.780. The average Bonchev–Trinajstić information content (AvgIpc) is 3.00. The molecule has 1 aromatic rings. The summed E-state index contributed by atoms with van der Waals surface area (Å²) in [5.74, 6) is 0.585. The van der Waals surface area contributed by atoms with Gasteiger partial charge in [0.2, 0.25) is 11.8 Å². The maximum Gasteiger partial charge on any atom is 0.316 e. The number of anilines is 1. The summed E-state index contributed by atoms with van der Waals surface area (Å²) in [6.45, 7) is 4.02. The maximum atomic E-state index is 12.0. The number of nitrogens with zero attached hydrogens (tertiary/aromatic N) is 3. The second kappa shape index (κ2) is 5.81. The molecule has 1 fully saturated rings. The fraction of sp³-hybridized carbons (Fsp3) is 0.727. The summed E-state index contributed by atoms with van der Waals surface area (Å²) in [7, 11) is 1.80. The molecule has 100 valence electrons. The van der Waals surface area contributed by atoms with Crippen LogP contribution >= 0.6 is 0 Å². The lowest BCUT2D eigenvalue weighted by Crippen LogP contribution is -2.39. The summed E-state index contributed by atoms with van der Waals surface area (Å²) in [6.07, 6.45) is 2.18. The minimum Gasteiger partial charge on any atom is -0.407 e. The highest BCUT2D eigenvalue weighted by Gasteiger charge is 2.24. The molecular weight excluding hydrogens is 234 g/mol. The van der Waals surface area contributed by atoms with Crippen LogP contribution in [0.5, 0.6) is 0 Å². The van der Waals surface area contributed by atoms with Crippen LogP contribution in [0.15, 0.2) is 4.42 Å². The van der Waals surface area contributed by atoms with Gasteiger partial charge in [-0.15, -0.1) is 5.10 Å². The van der Waals surface area contributed by atoms with Crippen LogP contribution in [0.25, 0.3) is 0 Å². The van der Waals surface area contributed by atoms with E-state index in [1.165, 1.54) is 0 Å². The summed E-state index contributed by atoms with van der Waals surface area (Å²) in [6, 6.07) is -0.0497. The van der Waals surface area contributed by atoms with E-state index in [4.69, 9.17) is 4.42 Å². The number of aromatic nitrogens is 2. The van der Waals surface area contributed by atoms with Gasteiger partial charge in [0.05, 0.1) is 6.54 Å².